The molecular weight excluding hydrogens is 378 g/mol. The molecule has 0 amide bonds. The quantitative estimate of drug-likeness (QED) is 0.607. The van der Waals surface area contributed by atoms with Gasteiger partial charge in [-0.05, 0) is 36.4 Å². The molecule has 0 saturated carbocycles. The Labute approximate surface area is 143 Å². The molecule has 3 N–H and O–H groups in total. The van der Waals surface area contributed by atoms with E-state index in [0.29, 0.717) is 0 Å². The second-order valence-electron chi connectivity index (χ2n) is 4.84. The minimum atomic E-state index is -4.48. The first kappa shape index (κ1) is 19.2. The highest BCUT2D eigenvalue weighted by Crippen LogP contribution is 2.17. The van der Waals surface area contributed by atoms with Crippen molar-refractivity contribution in [3.63, 3.8) is 0 Å². The lowest BCUT2D eigenvalue weighted by Crippen LogP contribution is -2.35. The SMILES string of the molecule is O=S(=O)(NCCNS(=O)(=O)c1c(F)cccc1F)c1ccc(O)cc1. The van der Waals surface area contributed by atoms with E-state index in [0.717, 1.165) is 30.3 Å². The molecule has 0 spiro atoms. The van der Waals surface area contributed by atoms with Gasteiger partial charge in [0.2, 0.25) is 20.0 Å². The lowest BCUT2D eigenvalue weighted by molar-refractivity contribution is 0.474. The van der Waals surface area contributed by atoms with Crippen LogP contribution in [0.1, 0.15) is 0 Å². The number of sulfonamides is 2. The Morgan fingerprint density at radius 1 is 0.800 bits per heavy atom. The van der Waals surface area contributed by atoms with Gasteiger partial charge in [-0.15, -0.1) is 0 Å². The second kappa shape index (κ2) is 7.44. The van der Waals surface area contributed by atoms with Crippen LogP contribution in [0.5, 0.6) is 5.75 Å². The van der Waals surface area contributed by atoms with Crippen molar-refractivity contribution in [2.75, 3.05) is 13.1 Å². The molecule has 0 saturated heterocycles. The van der Waals surface area contributed by atoms with Crippen LogP contribution >= 0.6 is 0 Å². The van der Waals surface area contributed by atoms with Crippen LogP contribution in [0.25, 0.3) is 0 Å². The number of hydrogen-bond donors (Lipinski definition) is 3. The maximum absolute atomic E-state index is 13.5. The molecule has 0 aliphatic heterocycles. The molecule has 0 radical (unpaired) electrons. The summed E-state index contributed by atoms with van der Waals surface area (Å²) in [5.74, 6) is -2.62. The third kappa shape index (κ3) is 4.72. The predicted octanol–water partition coefficient (Wildman–Crippen LogP) is 0.927. The third-order valence-electron chi connectivity index (χ3n) is 3.04. The molecule has 0 atom stereocenters. The van der Waals surface area contributed by atoms with Crippen molar-refractivity contribution in [3.05, 3.63) is 54.1 Å². The highest BCUT2D eigenvalue weighted by atomic mass is 32.2. The number of benzene rings is 2. The van der Waals surface area contributed by atoms with E-state index in [-0.39, 0.29) is 17.2 Å². The Morgan fingerprint density at radius 3 is 1.80 bits per heavy atom. The van der Waals surface area contributed by atoms with Crippen molar-refractivity contribution < 1.29 is 30.7 Å². The van der Waals surface area contributed by atoms with Gasteiger partial charge in [0.15, 0.2) is 4.90 Å². The smallest absolute Gasteiger partial charge is 0.246 e. The first-order valence-corrected chi connectivity index (χ1v) is 9.82. The molecule has 25 heavy (non-hydrogen) atoms. The average molecular weight is 392 g/mol. The van der Waals surface area contributed by atoms with Gasteiger partial charge in [0.25, 0.3) is 0 Å². The average Bonchev–Trinajstić information content (AvgIpc) is 2.52. The number of rotatable bonds is 7. The molecule has 0 aromatic heterocycles. The topological polar surface area (TPSA) is 113 Å². The van der Waals surface area contributed by atoms with Crippen molar-refractivity contribution in [3.8, 4) is 5.75 Å². The van der Waals surface area contributed by atoms with Crippen LogP contribution in [0.4, 0.5) is 8.78 Å². The molecule has 0 heterocycles. The highest BCUT2D eigenvalue weighted by Gasteiger charge is 2.23. The molecular formula is C14H14F2N2O5S2. The normalized spacial score (nSPS) is 12.2. The molecule has 0 fully saturated rings. The molecule has 2 aromatic rings. The lowest BCUT2D eigenvalue weighted by atomic mass is 10.3. The Hall–Kier alpha value is -2.08. The molecule has 0 unspecified atom stereocenters. The fourth-order valence-electron chi connectivity index (χ4n) is 1.89. The van der Waals surface area contributed by atoms with Gasteiger partial charge in [-0.3, -0.25) is 0 Å². The number of phenolic OH excluding ortho intramolecular Hbond substituents is 1. The van der Waals surface area contributed by atoms with Gasteiger partial charge in [-0.1, -0.05) is 6.07 Å². The first-order valence-electron chi connectivity index (χ1n) is 6.86. The van der Waals surface area contributed by atoms with Gasteiger partial charge in [-0.2, -0.15) is 0 Å². The number of phenols is 1. The minimum absolute atomic E-state index is 0.112. The fraction of sp³-hybridized carbons (Fsp3) is 0.143. The molecule has 136 valence electrons. The van der Waals surface area contributed by atoms with Crippen molar-refractivity contribution in [2.24, 2.45) is 0 Å². The summed E-state index contributed by atoms with van der Waals surface area (Å²) in [6.07, 6.45) is 0. The Bertz CT molecular complexity index is 941. The molecule has 11 heteroatoms. The monoisotopic (exact) mass is 392 g/mol. The van der Waals surface area contributed by atoms with E-state index >= 15 is 0 Å². The number of nitrogens with one attached hydrogen (secondary N) is 2. The fourth-order valence-corrected chi connectivity index (χ4v) is 4.09. The lowest BCUT2D eigenvalue weighted by Gasteiger charge is -2.10. The standard InChI is InChI=1S/C14H14F2N2O5S2/c15-12-2-1-3-13(16)14(12)25(22,23)18-9-8-17-24(20,21)11-6-4-10(19)5-7-11/h1-7,17-19H,8-9H2. The number of aromatic hydroxyl groups is 1. The van der Waals surface area contributed by atoms with Crippen LogP contribution in [0, 0.1) is 11.6 Å². The molecule has 0 aliphatic rings. The van der Waals surface area contributed by atoms with Crippen LogP contribution in [0.2, 0.25) is 0 Å². The van der Waals surface area contributed by atoms with Crippen LogP contribution in [0.3, 0.4) is 0 Å². The van der Waals surface area contributed by atoms with E-state index in [1.165, 1.54) is 12.1 Å². The zero-order chi connectivity index (χ0) is 18.7. The van der Waals surface area contributed by atoms with E-state index in [1.54, 1.807) is 0 Å². The maximum atomic E-state index is 13.5. The summed E-state index contributed by atoms with van der Waals surface area (Å²) in [6, 6.07) is 7.30. The number of halogens is 2. The summed E-state index contributed by atoms with van der Waals surface area (Å²) in [7, 11) is -8.40. The molecule has 0 aliphatic carbocycles. The summed E-state index contributed by atoms with van der Waals surface area (Å²) in [4.78, 5) is -1.26. The summed E-state index contributed by atoms with van der Waals surface area (Å²) in [6.45, 7) is -0.772. The Morgan fingerprint density at radius 2 is 1.28 bits per heavy atom. The summed E-state index contributed by atoms with van der Waals surface area (Å²) in [5.41, 5.74) is 0. The van der Waals surface area contributed by atoms with Gasteiger partial charge in [-0.25, -0.2) is 35.1 Å². The van der Waals surface area contributed by atoms with Crippen molar-refractivity contribution in [1.82, 2.24) is 9.44 Å². The second-order valence-corrected chi connectivity index (χ2v) is 8.31. The minimum Gasteiger partial charge on any atom is -0.508 e. The zero-order valence-corrected chi connectivity index (χ0v) is 14.2. The number of hydrogen-bond acceptors (Lipinski definition) is 5. The predicted molar refractivity (Wildman–Crippen MR) is 84.8 cm³/mol. The van der Waals surface area contributed by atoms with Crippen molar-refractivity contribution in [1.29, 1.82) is 0 Å². The molecule has 2 rings (SSSR count). The summed E-state index contributed by atoms with van der Waals surface area (Å²) in [5, 5.41) is 9.13. The van der Waals surface area contributed by atoms with Crippen molar-refractivity contribution in [2.45, 2.75) is 9.79 Å². The van der Waals surface area contributed by atoms with Crippen LogP contribution in [-0.4, -0.2) is 35.0 Å². The van der Waals surface area contributed by atoms with Gasteiger partial charge >= 0.3 is 0 Å². The zero-order valence-electron chi connectivity index (χ0n) is 12.6. The Kier molecular flexibility index (Phi) is 5.72. The first-order chi connectivity index (χ1) is 11.6. The van der Waals surface area contributed by atoms with Crippen LogP contribution < -0.4 is 9.44 Å². The van der Waals surface area contributed by atoms with E-state index < -0.39 is 43.1 Å². The third-order valence-corrected chi connectivity index (χ3v) is 6.03. The van der Waals surface area contributed by atoms with Gasteiger partial charge in [0.05, 0.1) is 4.90 Å². The van der Waals surface area contributed by atoms with Crippen LogP contribution in [-0.2, 0) is 20.0 Å². The van der Waals surface area contributed by atoms with E-state index in [2.05, 4.69) is 4.72 Å². The van der Waals surface area contributed by atoms with Gasteiger partial charge in [0, 0.05) is 13.1 Å². The maximum Gasteiger partial charge on any atom is 0.246 e. The summed E-state index contributed by atoms with van der Waals surface area (Å²) < 4.78 is 78.8. The van der Waals surface area contributed by atoms with Gasteiger partial charge in [0.1, 0.15) is 17.4 Å². The van der Waals surface area contributed by atoms with E-state index in [4.69, 9.17) is 5.11 Å². The van der Waals surface area contributed by atoms with Gasteiger partial charge < -0.3 is 5.11 Å². The van der Waals surface area contributed by atoms with Crippen molar-refractivity contribution >= 4 is 20.0 Å². The molecule has 7 nitrogen and oxygen atoms in total. The largest absolute Gasteiger partial charge is 0.508 e. The summed E-state index contributed by atoms with van der Waals surface area (Å²) >= 11 is 0. The van der Waals surface area contributed by atoms with E-state index in [1.807, 2.05) is 4.72 Å². The molecule has 2 aromatic carbocycles. The highest BCUT2D eigenvalue weighted by molar-refractivity contribution is 7.90. The molecule has 0 bridgehead atoms. The van der Waals surface area contributed by atoms with E-state index in [9.17, 15) is 25.6 Å². The Balaban J connectivity index is 2.00. The van der Waals surface area contributed by atoms with Crippen LogP contribution in [0.15, 0.2) is 52.3 Å².